The first kappa shape index (κ1) is 20.6. The molecule has 2 amide bonds. The van der Waals surface area contributed by atoms with E-state index in [9.17, 15) is 9.59 Å². The van der Waals surface area contributed by atoms with Gasteiger partial charge in [-0.1, -0.05) is 24.3 Å². The average molecular weight is 415 g/mol. The van der Waals surface area contributed by atoms with Crippen LogP contribution in [-0.4, -0.2) is 38.1 Å². The molecule has 0 aromatic heterocycles. The quantitative estimate of drug-likeness (QED) is 0.663. The van der Waals surface area contributed by atoms with E-state index in [4.69, 9.17) is 10.5 Å². The van der Waals surface area contributed by atoms with Crippen molar-refractivity contribution in [1.29, 1.82) is 0 Å². The number of carbonyl (C=O) groups excluding carboxylic acids is 2. The fraction of sp³-hybridized carbons (Fsp3) is 0.200. The third kappa shape index (κ3) is 4.59. The number of anilines is 2. The molecule has 0 bridgehead atoms. The number of hydrogen-bond donors (Lipinski definition) is 2. The summed E-state index contributed by atoms with van der Waals surface area (Å²) in [5.74, 6) is -0.661. The van der Waals surface area contributed by atoms with Crippen molar-refractivity contribution in [3.8, 4) is 11.1 Å². The zero-order valence-electron chi connectivity index (χ0n) is 17.4. The summed E-state index contributed by atoms with van der Waals surface area (Å²) >= 11 is 0. The molecule has 1 saturated heterocycles. The molecule has 4 rings (SSSR count). The van der Waals surface area contributed by atoms with E-state index in [1.807, 2.05) is 55.5 Å². The number of primary amides is 1. The van der Waals surface area contributed by atoms with Gasteiger partial charge in [0.15, 0.2) is 0 Å². The van der Waals surface area contributed by atoms with Crippen LogP contribution in [0.25, 0.3) is 11.1 Å². The van der Waals surface area contributed by atoms with E-state index in [-0.39, 0.29) is 5.91 Å². The Labute approximate surface area is 181 Å². The standard InChI is InChI=1S/C25H25N3O3/c1-17-3-2-4-22(24(26)29)23(17)18-5-7-19(8-6-18)25(30)27-20-9-11-21(12-10-20)28-13-15-31-16-14-28/h2-12H,13-16H2,1H3,(H2,26,29)(H,27,30). The van der Waals surface area contributed by atoms with Crippen LogP contribution >= 0.6 is 0 Å². The molecule has 1 aliphatic heterocycles. The molecule has 1 fully saturated rings. The molecule has 0 saturated carbocycles. The second-order valence-electron chi connectivity index (χ2n) is 7.54. The van der Waals surface area contributed by atoms with Crippen molar-refractivity contribution in [3.63, 3.8) is 0 Å². The molecular formula is C25H25N3O3. The zero-order valence-corrected chi connectivity index (χ0v) is 17.4. The Kier molecular flexibility index (Phi) is 6.00. The van der Waals surface area contributed by atoms with E-state index in [1.54, 1.807) is 18.2 Å². The van der Waals surface area contributed by atoms with Gasteiger partial charge in [-0.05, 0) is 66.1 Å². The topological polar surface area (TPSA) is 84.7 Å². The van der Waals surface area contributed by atoms with Crippen LogP contribution in [0.2, 0.25) is 0 Å². The summed E-state index contributed by atoms with van der Waals surface area (Å²) in [6.45, 7) is 5.14. The molecule has 0 spiro atoms. The van der Waals surface area contributed by atoms with E-state index < -0.39 is 5.91 Å². The van der Waals surface area contributed by atoms with Crippen LogP contribution in [0.15, 0.2) is 66.7 Å². The van der Waals surface area contributed by atoms with Gasteiger partial charge in [-0.15, -0.1) is 0 Å². The van der Waals surface area contributed by atoms with Gasteiger partial charge in [-0.3, -0.25) is 9.59 Å². The van der Waals surface area contributed by atoms with Gasteiger partial charge >= 0.3 is 0 Å². The first-order chi connectivity index (χ1) is 15.0. The summed E-state index contributed by atoms with van der Waals surface area (Å²) in [4.78, 5) is 26.7. The van der Waals surface area contributed by atoms with Crippen molar-refractivity contribution in [2.24, 2.45) is 5.73 Å². The largest absolute Gasteiger partial charge is 0.378 e. The lowest BCUT2D eigenvalue weighted by molar-refractivity contribution is 0.0998. The molecule has 6 heteroatoms. The fourth-order valence-corrected chi connectivity index (χ4v) is 3.82. The molecular weight excluding hydrogens is 390 g/mol. The second kappa shape index (κ2) is 9.02. The van der Waals surface area contributed by atoms with Gasteiger partial charge in [0.1, 0.15) is 0 Å². The number of amides is 2. The molecule has 0 unspecified atom stereocenters. The van der Waals surface area contributed by atoms with E-state index in [0.717, 1.165) is 54.4 Å². The molecule has 0 radical (unpaired) electrons. The minimum atomic E-state index is -0.471. The van der Waals surface area contributed by atoms with Gasteiger partial charge in [0, 0.05) is 35.6 Å². The smallest absolute Gasteiger partial charge is 0.255 e. The maximum Gasteiger partial charge on any atom is 0.255 e. The Hall–Kier alpha value is -3.64. The summed E-state index contributed by atoms with van der Waals surface area (Å²) < 4.78 is 5.39. The van der Waals surface area contributed by atoms with Gasteiger partial charge < -0.3 is 20.7 Å². The minimum Gasteiger partial charge on any atom is -0.378 e. The molecule has 31 heavy (non-hydrogen) atoms. The lowest BCUT2D eigenvalue weighted by atomic mass is 9.94. The number of benzene rings is 3. The van der Waals surface area contributed by atoms with Crippen molar-refractivity contribution in [3.05, 3.63) is 83.4 Å². The predicted octanol–water partition coefficient (Wildman–Crippen LogP) is 3.85. The SMILES string of the molecule is Cc1cccc(C(N)=O)c1-c1ccc(C(=O)Nc2ccc(N3CCOCC3)cc2)cc1. The lowest BCUT2D eigenvalue weighted by Crippen LogP contribution is -2.36. The highest BCUT2D eigenvalue weighted by Crippen LogP contribution is 2.28. The van der Waals surface area contributed by atoms with Crippen LogP contribution in [0.1, 0.15) is 26.3 Å². The summed E-state index contributed by atoms with van der Waals surface area (Å²) in [7, 11) is 0. The Morgan fingerprint density at radius 1 is 0.935 bits per heavy atom. The number of ether oxygens (including phenoxy) is 1. The van der Waals surface area contributed by atoms with Crippen LogP contribution in [0.3, 0.4) is 0 Å². The molecule has 3 N–H and O–H groups in total. The number of hydrogen-bond acceptors (Lipinski definition) is 4. The highest BCUT2D eigenvalue weighted by atomic mass is 16.5. The first-order valence-corrected chi connectivity index (χ1v) is 10.3. The summed E-state index contributed by atoms with van der Waals surface area (Å²) in [6, 6.07) is 20.5. The number of aryl methyl sites for hydroxylation is 1. The predicted molar refractivity (Wildman–Crippen MR) is 123 cm³/mol. The molecule has 3 aromatic rings. The van der Waals surface area contributed by atoms with Gasteiger partial charge in [0.05, 0.1) is 13.2 Å². The lowest BCUT2D eigenvalue weighted by Gasteiger charge is -2.28. The summed E-state index contributed by atoms with van der Waals surface area (Å²) in [5, 5.41) is 2.93. The number of nitrogens with two attached hydrogens (primary N) is 1. The van der Waals surface area contributed by atoms with Crippen molar-refractivity contribution in [2.45, 2.75) is 6.92 Å². The summed E-state index contributed by atoms with van der Waals surface area (Å²) in [6.07, 6.45) is 0. The maximum atomic E-state index is 12.7. The third-order valence-corrected chi connectivity index (χ3v) is 5.48. The monoisotopic (exact) mass is 415 g/mol. The molecule has 1 aliphatic rings. The van der Waals surface area contributed by atoms with Gasteiger partial charge in [0.2, 0.25) is 5.91 Å². The zero-order chi connectivity index (χ0) is 21.8. The van der Waals surface area contributed by atoms with Crippen LogP contribution in [-0.2, 0) is 4.74 Å². The van der Waals surface area contributed by atoms with Crippen LogP contribution in [0.4, 0.5) is 11.4 Å². The van der Waals surface area contributed by atoms with Crippen molar-refractivity contribution < 1.29 is 14.3 Å². The Balaban J connectivity index is 1.47. The summed E-state index contributed by atoms with van der Waals surface area (Å²) in [5.41, 5.74) is 11.0. The van der Waals surface area contributed by atoms with Crippen molar-refractivity contribution in [2.75, 3.05) is 36.5 Å². The van der Waals surface area contributed by atoms with Crippen LogP contribution in [0.5, 0.6) is 0 Å². The van der Waals surface area contributed by atoms with Gasteiger partial charge in [-0.25, -0.2) is 0 Å². The molecule has 158 valence electrons. The number of morpholine rings is 1. The highest BCUT2D eigenvalue weighted by Gasteiger charge is 2.14. The third-order valence-electron chi connectivity index (χ3n) is 5.48. The number of nitrogens with one attached hydrogen (secondary N) is 1. The van der Waals surface area contributed by atoms with Gasteiger partial charge in [0.25, 0.3) is 5.91 Å². The molecule has 6 nitrogen and oxygen atoms in total. The molecule has 0 atom stereocenters. The normalized spacial score (nSPS) is 13.6. The molecule has 1 heterocycles. The minimum absolute atomic E-state index is 0.189. The van der Waals surface area contributed by atoms with E-state index in [0.29, 0.717) is 11.1 Å². The van der Waals surface area contributed by atoms with E-state index in [1.165, 1.54) is 0 Å². The Bertz CT molecular complexity index is 1090. The maximum absolute atomic E-state index is 12.7. The number of rotatable bonds is 5. The van der Waals surface area contributed by atoms with Crippen LogP contribution < -0.4 is 16.0 Å². The average Bonchev–Trinajstić information content (AvgIpc) is 2.80. The van der Waals surface area contributed by atoms with Crippen molar-refractivity contribution >= 4 is 23.2 Å². The molecule has 0 aliphatic carbocycles. The highest BCUT2D eigenvalue weighted by molar-refractivity contribution is 6.05. The fourth-order valence-electron chi connectivity index (χ4n) is 3.82. The van der Waals surface area contributed by atoms with Gasteiger partial charge in [-0.2, -0.15) is 0 Å². The second-order valence-corrected chi connectivity index (χ2v) is 7.54. The first-order valence-electron chi connectivity index (χ1n) is 10.3. The number of carbonyl (C=O) groups is 2. The van der Waals surface area contributed by atoms with E-state index >= 15 is 0 Å². The Morgan fingerprint density at radius 2 is 1.61 bits per heavy atom. The number of nitrogens with zero attached hydrogens (tertiary/aromatic N) is 1. The van der Waals surface area contributed by atoms with Crippen LogP contribution in [0, 0.1) is 6.92 Å². The van der Waals surface area contributed by atoms with Crippen molar-refractivity contribution in [1.82, 2.24) is 0 Å². The molecule has 3 aromatic carbocycles. The van der Waals surface area contributed by atoms with E-state index in [2.05, 4.69) is 10.2 Å². The Morgan fingerprint density at radius 3 is 2.26 bits per heavy atom.